The Hall–Kier alpha value is -2.92. The van der Waals surface area contributed by atoms with E-state index in [2.05, 4.69) is 20.5 Å². The third-order valence-corrected chi connectivity index (χ3v) is 6.78. The molecule has 1 aromatic carbocycles. The van der Waals surface area contributed by atoms with E-state index in [4.69, 9.17) is 21.1 Å². The van der Waals surface area contributed by atoms with E-state index in [1.807, 2.05) is 13.8 Å². The normalized spacial score (nSPS) is 14.2. The van der Waals surface area contributed by atoms with Crippen LogP contribution in [-0.4, -0.2) is 28.2 Å². The number of carbonyl (C=O) groups is 1. The first-order chi connectivity index (χ1) is 15.6. The number of amides is 1. The lowest BCUT2D eigenvalue weighted by molar-refractivity contribution is -0.137. The first-order valence-electron chi connectivity index (χ1n) is 9.92. The molecule has 0 atom stereocenters. The topological polar surface area (TPSA) is 86.2 Å². The molecule has 0 bridgehead atoms. The van der Waals surface area contributed by atoms with Crippen LogP contribution in [0, 0.1) is 0 Å². The number of methoxy groups -OCH3 is 1. The van der Waals surface area contributed by atoms with Gasteiger partial charge in [-0.3, -0.25) is 10.1 Å². The zero-order valence-corrected chi connectivity index (χ0v) is 19.3. The number of alkyl halides is 3. The summed E-state index contributed by atoms with van der Waals surface area (Å²) in [4.78, 5) is 18.1. The fourth-order valence-corrected chi connectivity index (χ4v) is 5.04. The highest BCUT2D eigenvalue weighted by atomic mass is 35.5. The lowest BCUT2D eigenvalue weighted by Gasteiger charge is -2.36. The number of ether oxygens (including phenoxy) is 2. The molecule has 0 fully saturated rings. The first kappa shape index (κ1) is 23.2. The number of nitrogens with one attached hydrogen (secondary N) is 1. The molecule has 3 heterocycles. The van der Waals surface area contributed by atoms with Crippen molar-refractivity contribution in [3.8, 4) is 22.9 Å². The number of benzene rings is 1. The Balaban J connectivity index is 1.77. The summed E-state index contributed by atoms with van der Waals surface area (Å²) in [6.45, 7) is 3.78. The molecule has 0 aliphatic carbocycles. The molecule has 0 unspecified atom stereocenters. The van der Waals surface area contributed by atoms with Crippen molar-refractivity contribution >= 4 is 34.0 Å². The number of halogens is 4. The number of hydrogen-bond donors (Lipinski definition) is 1. The molecule has 1 aliphatic heterocycles. The monoisotopic (exact) mass is 498 g/mol. The second kappa shape index (κ2) is 8.45. The van der Waals surface area contributed by atoms with E-state index < -0.39 is 23.2 Å². The predicted octanol–water partition coefficient (Wildman–Crippen LogP) is 5.94. The molecular weight excluding hydrogens is 481 g/mol. The van der Waals surface area contributed by atoms with Crippen LogP contribution in [-0.2, 0) is 11.8 Å². The predicted molar refractivity (Wildman–Crippen MR) is 117 cm³/mol. The molecule has 0 radical (unpaired) electrons. The molecule has 0 saturated carbocycles. The average molecular weight is 499 g/mol. The smallest absolute Gasteiger partial charge is 0.416 e. The quantitative estimate of drug-likeness (QED) is 0.468. The third-order valence-electron chi connectivity index (χ3n) is 5.44. The van der Waals surface area contributed by atoms with Gasteiger partial charge in [-0.1, -0.05) is 36.8 Å². The van der Waals surface area contributed by atoms with Crippen LogP contribution in [0.1, 0.15) is 47.5 Å². The molecule has 0 spiro atoms. The Kier molecular flexibility index (Phi) is 5.95. The molecule has 1 amide bonds. The first-order valence-corrected chi connectivity index (χ1v) is 11.1. The Bertz CT molecular complexity index is 1230. The molecule has 12 heteroatoms. The summed E-state index contributed by atoms with van der Waals surface area (Å²) >= 11 is 7.07. The van der Waals surface area contributed by atoms with Crippen molar-refractivity contribution in [2.24, 2.45) is 0 Å². The lowest BCUT2D eigenvalue weighted by atomic mass is 9.89. The summed E-state index contributed by atoms with van der Waals surface area (Å²) in [6.07, 6.45) is -3.50. The van der Waals surface area contributed by atoms with E-state index in [9.17, 15) is 18.0 Å². The van der Waals surface area contributed by atoms with Crippen LogP contribution in [0.2, 0.25) is 5.15 Å². The fraction of sp³-hybridized carbons (Fsp3) is 0.333. The van der Waals surface area contributed by atoms with E-state index in [0.717, 1.165) is 17.0 Å². The number of anilines is 1. The summed E-state index contributed by atoms with van der Waals surface area (Å²) in [5.41, 5.74) is -0.699. The Labute approximate surface area is 195 Å². The summed E-state index contributed by atoms with van der Waals surface area (Å²) in [5.74, 6) is -0.471. The highest BCUT2D eigenvalue weighted by Gasteiger charge is 2.42. The molecule has 1 aliphatic rings. The Morgan fingerprint density at radius 2 is 1.97 bits per heavy atom. The van der Waals surface area contributed by atoms with Gasteiger partial charge in [-0.05, 0) is 37.1 Å². The van der Waals surface area contributed by atoms with Crippen LogP contribution in [0.25, 0.3) is 11.3 Å². The van der Waals surface area contributed by atoms with Gasteiger partial charge in [-0.25, -0.2) is 4.98 Å². The van der Waals surface area contributed by atoms with E-state index in [0.29, 0.717) is 24.1 Å². The van der Waals surface area contributed by atoms with Crippen LogP contribution in [0.5, 0.6) is 11.6 Å². The summed E-state index contributed by atoms with van der Waals surface area (Å²) in [7, 11) is 1.34. The maximum atomic E-state index is 13.3. The summed E-state index contributed by atoms with van der Waals surface area (Å²) < 4.78 is 51.0. The van der Waals surface area contributed by atoms with Crippen LogP contribution in [0.15, 0.2) is 24.3 Å². The van der Waals surface area contributed by atoms with Crippen molar-refractivity contribution in [1.82, 2.24) is 15.2 Å². The number of nitrogens with zero attached hydrogens (tertiary/aromatic N) is 3. The number of hydrogen-bond acceptors (Lipinski definition) is 7. The molecule has 2 aromatic heterocycles. The van der Waals surface area contributed by atoms with E-state index in [-0.39, 0.29) is 27.5 Å². The van der Waals surface area contributed by atoms with Crippen LogP contribution in [0.4, 0.5) is 18.3 Å². The molecular formula is C21H18ClF3N4O3S. The zero-order valence-electron chi connectivity index (χ0n) is 17.7. The van der Waals surface area contributed by atoms with Crippen LogP contribution >= 0.6 is 22.9 Å². The number of rotatable bonds is 5. The van der Waals surface area contributed by atoms with E-state index in [1.54, 1.807) is 0 Å². The standard InChI is InChI=1S/C21H18ClF3N4O3S/c1-4-20(5-2)16-15(11-7-6-10(21(23,24)25)8-13(11)32-20)26-19(33-16)27-17(30)12-9-14(22)28-29-18(12)31-3/h6-9H,4-5H2,1-3H3,(H,26,27,30). The van der Waals surface area contributed by atoms with Gasteiger partial charge in [0.15, 0.2) is 10.3 Å². The highest BCUT2D eigenvalue weighted by Crippen LogP contribution is 2.52. The van der Waals surface area contributed by atoms with Gasteiger partial charge in [0, 0.05) is 5.56 Å². The van der Waals surface area contributed by atoms with Gasteiger partial charge in [0.05, 0.1) is 23.2 Å². The second-order valence-electron chi connectivity index (χ2n) is 7.25. The maximum absolute atomic E-state index is 13.3. The Morgan fingerprint density at radius 1 is 1.24 bits per heavy atom. The van der Waals surface area contributed by atoms with Gasteiger partial charge in [-0.2, -0.15) is 13.2 Å². The number of carbonyl (C=O) groups excluding carboxylic acids is 1. The zero-order chi connectivity index (χ0) is 24.0. The summed E-state index contributed by atoms with van der Waals surface area (Å²) in [5, 5.41) is 10.3. The SMILES string of the molecule is CCC1(CC)Oc2cc(C(F)(F)F)ccc2-c2nc(NC(=O)c3cc(Cl)nnc3OC)sc21. The van der Waals surface area contributed by atoms with Gasteiger partial charge < -0.3 is 9.47 Å². The third kappa shape index (κ3) is 4.10. The second-order valence-corrected chi connectivity index (χ2v) is 8.64. The molecule has 33 heavy (non-hydrogen) atoms. The van der Waals surface area contributed by atoms with E-state index >= 15 is 0 Å². The van der Waals surface area contributed by atoms with Crippen molar-refractivity contribution in [3.05, 3.63) is 45.4 Å². The molecule has 7 nitrogen and oxygen atoms in total. The van der Waals surface area contributed by atoms with Gasteiger partial charge in [-0.15, -0.1) is 10.2 Å². The molecule has 4 rings (SSSR count). The molecule has 3 aromatic rings. The van der Waals surface area contributed by atoms with E-state index in [1.165, 1.54) is 30.6 Å². The minimum atomic E-state index is -4.50. The van der Waals surface area contributed by atoms with Crippen LogP contribution < -0.4 is 14.8 Å². The maximum Gasteiger partial charge on any atom is 0.416 e. The highest BCUT2D eigenvalue weighted by molar-refractivity contribution is 7.16. The average Bonchev–Trinajstić information content (AvgIpc) is 3.21. The largest absolute Gasteiger partial charge is 0.481 e. The fourth-order valence-electron chi connectivity index (χ4n) is 3.65. The molecule has 1 N–H and O–H groups in total. The minimum Gasteiger partial charge on any atom is -0.481 e. The van der Waals surface area contributed by atoms with Crippen molar-refractivity contribution in [2.75, 3.05) is 12.4 Å². The number of thiazole rings is 1. The van der Waals surface area contributed by atoms with Crippen LogP contribution in [0.3, 0.4) is 0 Å². The number of aromatic nitrogens is 3. The molecule has 0 saturated heterocycles. The van der Waals surface area contributed by atoms with Gasteiger partial charge in [0.1, 0.15) is 16.9 Å². The molecule has 174 valence electrons. The minimum absolute atomic E-state index is 0.0111. The van der Waals surface area contributed by atoms with Crippen molar-refractivity contribution in [2.45, 2.75) is 38.5 Å². The lowest BCUT2D eigenvalue weighted by Crippen LogP contribution is -2.34. The van der Waals surface area contributed by atoms with Gasteiger partial charge >= 0.3 is 6.18 Å². The van der Waals surface area contributed by atoms with Crippen molar-refractivity contribution in [3.63, 3.8) is 0 Å². The summed E-state index contributed by atoms with van der Waals surface area (Å²) in [6, 6.07) is 4.64. The van der Waals surface area contributed by atoms with Crippen molar-refractivity contribution in [1.29, 1.82) is 0 Å². The Morgan fingerprint density at radius 3 is 2.61 bits per heavy atom. The number of fused-ring (bicyclic) bond motifs is 3. The van der Waals surface area contributed by atoms with Crippen molar-refractivity contribution < 1.29 is 27.4 Å². The van der Waals surface area contributed by atoms with Gasteiger partial charge in [0.25, 0.3) is 5.91 Å². The van der Waals surface area contributed by atoms with Gasteiger partial charge in [0.2, 0.25) is 5.88 Å².